The Bertz CT molecular complexity index is 295. The van der Waals surface area contributed by atoms with Crippen molar-refractivity contribution in [2.75, 3.05) is 13.2 Å². The van der Waals surface area contributed by atoms with Gasteiger partial charge in [0, 0.05) is 29.0 Å². The lowest BCUT2D eigenvalue weighted by Gasteiger charge is -2.16. The van der Waals surface area contributed by atoms with Crippen molar-refractivity contribution in [2.24, 2.45) is 11.1 Å². The van der Waals surface area contributed by atoms with Crippen LogP contribution in [0.15, 0.2) is 11.6 Å². The van der Waals surface area contributed by atoms with E-state index in [0.29, 0.717) is 6.54 Å². The molecule has 3 N–H and O–H groups in total. The molecule has 2 unspecified atom stereocenters. The zero-order valence-corrected chi connectivity index (χ0v) is 8.47. The smallest absolute Gasteiger partial charge is 0.0991 e. The molecule has 13 heavy (non-hydrogen) atoms. The van der Waals surface area contributed by atoms with Gasteiger partial charge in [0.05, 0.1) is 11.6 Å². The molecular weight excluding hydrogens is 184 g/mol. The Labute approximate surface area is 81.6 Å². The minimum atomic E-state index is -0.106. The van der Waals surface area contributed by atoms with Crippen LogP contribution in [0.2, 0.25) is 0 Å². The molecule has 0 bridgehead atoms. The number of nitrogens with two attached hydrogens (primary N) is 1. The van der Waals surface area contributed by atoms with Crippen molar-refractivity contribution < 1.29 is 5.11 Å². The van der Waals surface area contributed by atoms with Gasteiger partial charge in [-0.1, -0.05) is 6.92 Å². The number of aliphatic hydroxyl groups is 1. The van der Waals surface area contributed by atoms with Crippen LogP contribution in [0.1, 0.15) is 18.4 Å². The summed E-state index contributed by atoms with van der Waals surface area (Å²) in [6.07, 6.45) is 2.77. The first-order valence-electron chi connectivity index (χ1n) is 4.39. The van der Waals surface area contributed by atoms with E-state index >= 15 is 0 Å². The summed E-state index contributed by atoms with van der Waals surface area (Å²) in [6, 6.07) is 0. The molecule has 1 saturated carbocycles. The highest BCUT2D eigenvalue weighted by molar-refractivity contribution is 7.09. The minimum absolute atomic E-state index is 0.0185. The summed E-state index contributed by atoms with van der Waals surface area (Å²) in [7, 11) is 0. The Morgan fingerprint density at radius 1 is 1.77 bits per heavy atom. The molecule has 1 aliphatic rings. The molecule has 0 amide bonds. The van der Waals surface area contributed by atoms with Gasteiger partial charge in [-0.2, -0.15) is 0 Å². The van der Waals surface area contributed by atoms with Gasteiger partial charge in [0.1, 0.15) is 0 Å². The Hall–Kier alpha value is -0.450. The van der Waals surface area contributed by atoms with Gasteiger partial charge in [0.25, 0.3) is 0 Å². The quantitative estimate of drug-likeness (QED) is 0.753. The van der Waals surface area contributed by atoms with Crippen LogP contribution in [0.3, 0.4) is 0 Å². The van der Waals surface area contributed by atoms with Gasteiger partial charge < -0.3 is 10.8 Å². The molecule has 2 atom stereocenters. The zero-order chi connectivity index (χ0) is 9.53. The average Bonchev–Trinajstić information content (AvgIpc) is 2.58. The number of nitrogens with zero attached hydrogens (tertiary/aromatic N) is 1. The minimum Gasteiger partial charge on any atom is -0.396 e. The highest BCUT2D eigenvalue weighted by Gasteiger charge is 2.65. The van der Waals surface area contributed by atoms with Crippen LogP contribution >= 0.6 is 11.3 Å². The molecule has 72 valence electrons. The van der Waals surface area contributed by atoms with E-state index in [1.807, 2.05) is 11.6 Å². The molecule has 2 rings (SSSR count). The van der Waals surface area contributed by atoms with Gasteiger partial charge in [-0.15, -0.1) is 11.3 Å². The second-order valence-electron chi connectivity index (χ2n) is 3.99. The third-order valence-electron chi connectivity index (χ3n) is 3.34. The third kappa shape index (κ3) is 1.06. The molecule has 0 aromatic carbocycles. The molecule has 1 aliphatic carbocycles. The first-order valence-corrected chi connectivity index (χ1v) is 5.27. The molecule has 3 nitrogen and oxygen atoms in total. The summed E-state index contributed by atoms with van der Waals surface area (Å²) in [5, 5.41) is 12.4. The Balaban J connectivity index is 2.27. The van der Waals surface area contributed by atoms with E-state index in [1.54, 1.807) is 11.3 Å². The summed E-state index contributed by atoms with van der Waals surface area (Å²) < 4.78 is 0. The Morgan fingerprint density at radius 2 is 2.54 bits per heavy atom. The van der Waals surface area contributed by atoms with Crippen molar-refractivity contribution in [3.05, 3.63) is 16.6 Å². The fourth-order valence-electron chi connectivity index (χ4n) is 2.02. The van der Waals surface area contributed by atoms with Gasteiger partial charge in [0.15, 0.2) is 0 Å². The molecule has 1 heterocycles. The van der Waals surface area contributed by atoms with Crippen LogP contribution in [0, 0.1) is 5.41 Å². The lowest BCUT2D eigenvalue weighted by molar-refractivity contribution is 0.198. The first kappa shape index (κ1) is 9.12. The third-order valence-corrected chi connectivity index (χ3v) is 4.37. The topological polar surface area (TPSA) is 59.1 Å². The molecule has 1 fully saturated rings. The number of thiazole rings is 1. The van der Waals surface area contributed by atoms with Crippen molar-refractivity contribution in [1.29, 1.82) is 0 Å². The van der Waals surface area contributed by atoms with Crippen molar-refractivity contribution in [3.8, 4) is 0 Å². The standard InChI is InChI=1S/C9H14N2OS/c1-8(7-11-2-3-13-7)4-9(8,5-10)6-12/h2-3,12H,4-6,10H2,1H3. The van der Waals surface area contributed by atoms with Crippen molar-refractivity contribution >= 4 is 11.3 Å². The zero-order valence-electron chi connectivity index (χ0n) is 7.66. The lowest BCUT2D eigenvalue weighted by Crippen LogP contribution is -2.27. The normalized spacial score (nSPS) is 37.8. The van der Waals surface area contributed by atoms with E-state index in [-0.39, 0.29) is 17.4 Å². The van der Waals surface area contributed by atoms with E-state index in [1.165, 1.54) is 0 Å². The summed E-state index contributed by atoms with van der Waals surface area (Å²) in [5.41, 5.74) is 5.59. The number of aliphatic hydroxyl groups excluding tert-OH is 1. The SMILES string of the molecule is CC1(c2nccs2)CC1(CN)CO. The summed E-state index contributed by atoms with van der Waals surface area (Å²) in [4.78, 5) is 4.29. The van der Waals surface area contributed by atoms with E-state index in [9.17, 15) is 5.11 Å². The first-order chi connectivity index (χ1) is 6.18. The highest BCUT2D eigenvalue weighted by atomic mass is 32.1. The average molecular weight is 198 g/mol. The lowest BCUT2D eigenvalue weighted by atomic mass is 9.96. The second-order valence-corrected chi connectivity index (χ2v) is 4.88. The van der Waals surface area contributed by atoms with E-state index in [0.717, 1.165) is 11.4 Å². The maximum absolute atomic E-state index is 9.29. The number of hydrogen-bond donors (Lipinski definition) is 2. The summed E-state index contributed by atoms with van der Waals surface area (Å²) >= 11 is 1.65. The molecule has 0 aliphatic heterocycles. The van der Waals surface area contributed by atoms with Gasteiger partial charge in [-0.05, 0) is 6.42 Å². The van der Waals surface area contributed by atoms with Crippen molar-refractivity contribution in [2.45, 2.75) is 18.8 Å². The van der Waals surface area contributed by atoms with Crippen LogP contribution in [0.4, 0.5) is 0 Å². The van der Waals surface area contributed by atoms with Crippen LogP contribution in [-0.4, -0.2) is 23.2 Å². The predicted molar refractivity (Wildman–Crippen MR) is 52.7 cm³/mol. The van der Waals surface area contributed by atoms with Crippen LogP contribution < -0.4 is 5.73 Å². The fourth-order valence-corrected chi connectivity index (χ4v) is 2.94. The number of hydrogen-bond acceptors (Lipinski definition) is 4. The van der Waals surface area contributed by atoms with Crippen LogP contribution in [0.5, 0.6) is 0 Å². The highest BCUT2D eigenvalue weighted by Crippen LogP contribution is 2.63. The van der Waals surface area contributed by atoms with E-state index < -0.39 is 0 Å². The number of rotatable bonds is 3. The maximum atomic E-state index is 9.29. The largest absolute Gasteiger partial charge is 0.396 e. The van der Waals surface area contributed by atoms with Crippen LogP contribution in [-0.2, 0) is 5.41 Å². The fraction of sp³-hybridized carbons (Fsp3) is 0.667. The van der Waals surface area contributed by atoms with E-state index in [4.69, 9.17) is 5.73 Å². The molecule has 0 spiro atoms. The van der Waals surface area contributed by atoms with Gasteiger partial charge in [-0.3, -0.25) is 0 Å². The molecular formula is C9H14N2OS. The van der Waals surface area contributed by atoms with Gasteiger partial charge >= 0.3 is 0 Å². The van der Waals surface area contributed by atoms with E-state index in [2.05, 4.69) is 11.9 Å². The van der Waals surface area contributed by atoms with Crippen molar-refractivity contribution in [1.82, 2.24) is 4.98 Å². The maximum Gasteiger partial charge on any atom is 0.0991 e. The van der Waals surface area contributed by atoms with Gasteiger partial charge in [-0.25, -0.2) is 4.98 Å². The number of aromatic nitrogens is 1. The van der Waals surface area contributed by atoms with Crippen LogP contribution in [0.25, 0.3) is 0 Å². The van der Waals surface area contributed by atoms with Gasteiger partial charge in [0.2, 0.25) is 0 Å². The monoisotopic (exact) mass is 198 g/mol. The molecule has 0 saturated heterocycles. The van der Waals surface area contributed by atoms with Crippen molar-refractivity contribution in [3.63, 3.8) is 0 Å². The molecule has 0 radical (unpaired) electrons. The second kappa shape index (κ2) is 2.77. The molecule has 1 aromatic heterocycles. The summed E-state index contributed by atoms with van der Waals surface area (Å²) in [5.74, 6) is 0. The molecule has 1 aromatic rings. The Kier molecular flexibility index (Phi) is 1.94. The predicted octanol–water partition coefficient (Wildman–Crippen LogP) is 0.742. The molecule has 4 heteroatoms. The Morgan fingerprint density at radius 3 is 2.92 bits per heavy atom. The summed E-state index contributed by atoms with van der Waals surface area (Å²) in [6.45, 7) is 2.84.